The molecule has 8 nitrogen and oxygen atoms in total. The highest BCUT2D eigenvalue weighted by molar-refractivity contribution is 5.91. The number of nitrogens with one attached hydrogen (secondary N) is 1. The Bertz CT molecular complexity index is 1500. The van der Waals surface area contributed by atoms with Gasteiger partial charge in [0.25, 0.3) is 11.5 Å². The summed E-state index contributed by atoms with van der Waals surface area (Å²) in [6.07, 6.45) is 3.48. The first-order valence-corrected chi connectivity index (χ1v) is 10.1. The van der Waals surface area contributed by atoms with Gasteiger partial charge in [0, 0.05) is 18.9 Å². The first-order valence-electron chi connectivity index (χ1n) is 10.1. The van der Waals surface area contributed by atoms with E-state index in [9.17, 15) is 9.59 Å². The van der Waals surface area contributed by atoms with E-state index in [4.69, 9.17) is 9.15 Å². The van der Waals surface area contributed by atoms with Gasteiger partial charge in [-0.05, 0) is 54.1 Å². The van der Waals surface area contributed by atoms with Crippen molar-refractivity contribution in [3.63, 3.8) is 0 Å². The highest BCUT2D eigenvalue weighted by Gasteiger charge is 2.15. The lowest BCUT2D eigenvalue weighted by atomic mass is 10.2. The van der Waals surface area contributed by atoms with Crippen LogP contribution in [-0.2, 0) is 13.1 Å². The first kappa shape index (κ1) is 19.6. The standard InChI is InChI=1S/C24H20N4O4/c1-31-17-6-2-5-16(13-17)14-26-23(29)21-10-9-18(32-21)15-28-22-19(7-3-11-25-22)27-12-4-8-20(27)24(28)30/h2-13H,14-15H2,1H3,(H,26,29). The van der Waals surface area contributed by atoms with Crippen LogP contribution in [0.3, 0.4) is 0 Å². The fourth-order valence-corrected chi connectivity index (χ4v) is 3.72. The smallest absolute Gasteiger partial charge is 0.287 e. The number of furan rings is 1. The van der Waals surface area contributed by atoms with E-state index in [1.807, 2.05) is 53.1 Å². The Kier molecular flexibility index (Phi) is 4.95. The molecule has 0 aliphatic carbocycles. The molecular formula is C24H20N4O4. The van der Waals surface area contributed by atoms with Crippen LogP contribution in [0.5, 0.6) is 5.75 Å². The number of nitrogens with zero attached hydrogens (tertiary/aromatic N) is 3. The van der Waals surface area contributed by atoms with E-state index in [2.05, 4.69) is 10.3 Å². The third-order valence-electron chi connectivity index (χ3n) is 5.28. The molecule has 32 heavy (non-hydrogen) atoms. The number of pyridine rings is 1. The molecule has 1 N–H and O–H groups in total. The van der Waals surface area contributed by atoms with Gasteiger partial charge in [-0.1, -0.05) is 12.1 Å². The lowest BCUT2D eigenvalue weighted by Gasteiger charge is -2.10. The van der Waals surface area contributed by atoms with E-state index in [0.29, 0.717) is 23.5 Å². The van der Waals surface area contributed by atoms with E-state index < -0.39 is 0 Å². The van der Waals surface area contributed by atoms with Gasteiger partial charge in [0.1, 0.15) is 17.0 Å². The van der Waals surface area contributed by atoms with Crippen molar-refractivity contribution in [1.29, 1.82) is 0 Å². The van der Waals surface area contributed by atoms with Crippen LogP contribution in [0.15, 0.2) is 82.3 Å². The fraction of sp³-hybridized carbons (Fsp3) is 0.125. The summed E-state index contributed by atoms with van der Waals surface area (Å²) in [6, 6.07) is 18.1. The number of hydrogen-bond donors (Lipinski definition) is 1. The van der Waals surface area contributed by atoms with Crippen molar-refractivity contribution in [2.45, 2.75) is 13.1 Å². The number of aromatic nitrogens is 3. The number of carbonyl (C=O) groups excluding carboxylic acids is 1. The molecule has 4 heterocycles. The third kappa shape index (κ3) is 3.51. The second-order valence-corrected chi connectivity index (χ2v) is 7.30. The summed E-state index contributed by atoms with van der Waals surface area (Å²) in [7, 11) is 1.60. The van der Waals surface area contributed by atoms with Crippen LogP contribution in [0.1, 0.15) is 21.9 Å². The van der Waals surface area contributed by atoms with Gasteiger partial charge in [0.15, 0.2) is 11.4 Å². The van der Waals surface area contributed by atoms with E-state index in [1.165, 1.54) is 0 Å². The summed E-state index contributed by atoms with van der Waals surface area (Å²) in [5, 5.41) is 2.83. The van der Waals surface area contributed by atoms with Crippen molar-refractivity contribution in [1.82, 2.24) is 19.3 Å². The average Bonchev–Trinajstić information content (AvgIpc) is 3.51. The molecule has 5 rings (SSSR count). The maximum atomic E-state index is 13.0. The highest BCUT2D eigenvalue weighted by Crippen LogP contribution is 2.16. The molecule has 0 bridgehead atoms. The number of fused-ring (bicyclic) bond motifs is 3. The minimum atomic E-state index is -0.337. The van der Waals surface area contributed by atoms with Crippen molar-refractivity contribution in [2.75, 3.05) is 7.11 Å². The maximum absolute atomic E-state index is 13.0. The van der Waals surface area contributed by atoms with Crippen LogP contribution in [0.4, 0.5) is 0 Å². The normalized spacial score (nSPS) is 11.2. The summed E-state index contributed by atoms with van der Waals surface area (Å²) < 4.78 is 14.3. The molecule has 0 atom stereocenters. The van der Waals surface area contributed by atoms with Crippen molar-refractivity contribution in [3.05, 3.63) is 100 Å². The Hall–Kier alpha value is -4.33. The molecule has 0 unspecified atom stereocenters. The number of amides is 1. The Labute approximate surface area is 182 Å². The average molecular weight is 428 g/mol. The molecule has 0 radical (unpaired) electrons. The summed E-state index contributed by atoms with van der Waals surface area (Å²) >= 11 is 0. The van der Waals surface area contributed by atoms with E-state index >= 15 is 0 Å². The highest BCUT2D eigenvalue weighted by atomic mass is 16.5. The Morgan fingerprint density at radius 1 is 1.09 bits per heavy atom. The summed E-state index contributed by atoms with van der Waals surface area (Å²) in [6.45, 7) is 0.502. The Morgan fingerprint density at radius 2 is 1.97 bits per heavy atom. The lowest BCUT2D eigenvalue weighted by Crippen LogP contribution is -2.24. The minimum absolute atomic E-state index is 0.164. The molecule has 0 saturated heterocycles. The maximum Gasteiger partial charge on any atom is 0.287 e. The zero-order valence-corrected chi connectivity index (χ0v) is 17.3. The Balaban J connectivity index is 1.38. The van der Waals surface area contributed by atoms with Gasteiger partial charge in [-0.2, -0.15) is 0 Å². The molecule has 5 aromatic rings. The van der Waals surface area contributed by atoms with Crippen molar-refractivity contribution >= 4 is 22.6 Å². The Morgan fingerprint density at radius 3 is 2.84 bits per heavy atom. The van der Waals surface area contributed by atoms with Crippen molar-refractivity contribution < 1.29 is 13.9 Å². The third-order valence-corrected chi connectivity index (χ3v) is 5.28. The molecule has 0 spiro atoms. The molecule has 0 saturated carbocycles. The second-order valence-electron chi connectivity index (χ2n) is 7.30. The van der Waals surface area contributed by atoms with Gasteiger partial charge >= 0.3 is 0 Å². The number of hydrogen-bond acceptors (Lipinski definition) is 5. The lowest BCUT2D eigenvalue weighted by molar-refractivity contribution is 0.0921. The number of ether oxygens (including phenoxy) is 1. The van der Waals surface area contributed by atoms with Crippen LogP contribution >= 0.6 is 0 Å². The molecule has 0 aliphatic heterocycles. The van der Waals surface area contributed by atoms with Crippen molar-refractivity contribution in [3.8, 4) is 5.75 Å². The zero-order valence-electron chi connectivity index (χ0n) is 17.3. The molecule has 160 valence electrons. The van der Waals surface area contributed by atoms with Crippen LogP contribution in [0.2, 0.25) is 0 Å². The van der Waals surface area contributed by atoms with Crippen LogP contribution < -0.4 is 15.6 Å². The van der Waals surface area contributed by atoms with E-state index in [0.717, 1.165) is 16.8 Å². The fourth-order valence-electron chi connectivity index (χ4n) is 3.72. The van der Waals surface area contributed by atoms with Gasteiger partial charge in [-0.15, -0.1) is 0 Å². The minimum Gasteiger partial charge on any atom is -0.497 e. The molecule has 4 aromatic heterocycles. The molecule has 8 heteroatoms. The first-order chi connectivity index (χ1) is 15.6. The predicted molar refractivity (Wildman–Crippen MR) is 119 cm³/mol. The molecule has 1 aromatic carbocycles. The van der Waals surface area contributed by atoms with Gasteiger partial charge in [0.05, 0.1) is 19.2 Å². The molecule has 0 aliphatic rings. The topological polar surface area (TPSA) is 90.8 Å². The number of methoxy groups -OCH3 is 1. The zero-order chi connectivity index (χ0) is 22.1. The van der Waals surface area contributed by atoms with Gasteiger partial charge in [-0.25, -0.2) is 4.98 Å². The monoisotopic (exact) mass is 428 g/mol. The summed E-state index contributed by atoms with van der Waals surface area (Å²) in [5.74, 6) is 1.05. The van der Waals surface area contributed by atoms with Gasteiger partial charge in [-0.3, -0.25) is 14.2 Å². The number of benzene rings is 1. The number of rotatable bonds is 6. The predicted octanol–water partition coefficient (Wildman–Crippen LogP) is 3.23. The number of carbonyl (C=O) groups is 1. The summed E-state index contributed by atoms with van der Waals surface area (Å²) in [5.41, 5.74) is 2.64. The quantitative estimate of drug-likeness (QED) is 0.448. The van der Waals surface area contributed by atoms with Gasteiger partial charge in [0.2, 0.25) is 0 Å². The van der Waals surface area contributed by atoms with Crippen LogP contribution in [0, 0.1) is 0 Å². The van der Waals surface area contributed by atoms with E-state index in [-0.39, 0.29) is 23.8 Å². The van der Waals surface area contributed by atoms with Gasteiger partial charge < -0.3 is 18.9 Å². The van der Waals surface area contributed by atoms with Crippen LogP contribution in [-0.4, -0.2) is 27.0 Å². The molecule has 0 fully saturated rings. The largest absolute Gasteiger partial charge is 0.497 e. The SMILES string of the molecule is COc1cccc(CNC(=O)c2ccc(Cn3c(=O)c4cccn4c4cccnc43)o2)c1. The van der Waals surface area contributed by atoms with E-state index in [1.54, 1.807) is 36.1 Å². The van der Waals surface area contributed by atoms with Crippen molar-refractivity contribution in [2.24, 2.45) is 0 Å². The van der Waals surface area contributed by atoms with Crippen LogP contribution in [0.25, 0.3) is 16.7 Å². The summed E-state index contributed by atoms with van der Waals surface area (Å²) in [4.78, 5) is 30.0. The second kappa shape index (κ2) is 8.07. The molecular weight excluding hydrogens is 408 g/mol. The molecule has 1 amide bonds.